The van der Waals surface area contributed by atoms with Gasteiger partial charge in [0.1, 0.15) is 5.75 Å². The molecule has 2 amide bonds. The highest BCUT2D eigenvalue weighted by atomic mass is 16.5. The highest BCUT2D eigenvalue weighted by molar-refractivity contribution is 5.92. The third-order valence-corrected chi connectivity index (χ3v) is 4.25. The second-order valence-electron chi connectivity index (χ2n) is 6.09. The first-order valence-corrected chi connectivity index (χ1v) is 8.88. The SMILES string of the molecule is COc1cccc(N(CCC(=O)NCc2ccc(OC)c(OC)c2)C(C)=O)c1. The second-order valence-corrected chi connectivity index (χ2v) is 6.09. The Balaban J connectivity index is 1.93. The van der Waals surface area contributed by atoms with Crippen molar-refractivity contribution in [3.8, 4) is 17.2 Å². The lowest BCUT2D eigenvalue weighted by Gasteiger charge is -2.21. The molecule has 7 nitrogen and oxygen atoms in total. The molecule has 150 valence electrons. The molecule has 0 aliphatic carbocycles. The van der Waals surface area contributed by atoms with Crippen molar-refractivity contribution >= 4 is 17.5 Å². The molecular weight excluding hydrogens is 360 g/mol. The van der Waals surface area contributed by atoms with Gasteiger partial charge in [-0.3, -0.25) is 9.59 Å². The van der Waals surface area contributed by atoms with Gasteiger partial charge in [0, 0.05) is 38.2 Å². The van der Waals surface area contributed by atoms with E-state index in [1.54, 1.807) is 50.5 Å². The summed E-state index contributed by atoms with van der Waals surface area (Å²) in [6.07, 6.45) is 0.185. The smallest absolute Gasteiger partial charge is 0.223 e. The van der Waals surface area contributed by atoms with Gasteiger partial charge in [-0.2, -0.15) is 0 Å². The van der Waals surface area contributed by atoms with Crippen LogP contribution in [0.2, 0.25) is 0 Å². The Morgan fingerprint density at radius 1 is 0.964 bits per heavy atom. The highest BCUT2D eigenvalue weighted by Crippen LogP contribution is 2.27. The fourth-order valence-electron chi connectivity index (χ4n) is 2.74. The van der Waals surface area contributed by atoms with Crippen molar-refractivity contribution in [2.45, 2.75) is 19.9 Å². The van der Waals surface area contributed by atoms with Gasteiger partial charge in [-0.15, -0.1) is 0 Å². The van der Waals surface area contributed by atoms with Crippen molar-refractivity contribution in [3.63, 3.8) is 0 Å². The Bertz CT molecular complexity index is 822. The van der Waals surface area contributed by atoms with Crippen molar-refractivity contribution in [2.24, 2.45) is 0 Å². The molecule has 28 heavy (non-hydrogen) atoms. The molecule has 1 N–H and O–H groups in total. The standard InChI is InChI=1S/C21H26N2O5/c1-15(24)23(17-6-5-7-18(13-17)26-2)11-10-21(25)22-14-16-8-9-19(27-3)20(12-16)28-4/h5-9,12-13H,10-11,14H2,1-4H3,(H,22,25). The predicted molar refractivity (Wildman–Crippen MR) is 107 cm³/mol. The molecule has 0 saturated carbocycles. The van der Waals surface area contributed by atoms with Crippen LogP contribution in [0, 0.1) is 0 Å². The van der Waals surface area contributed by atoms with Gasteiger partial charge in [0.05, 0.1) is 21.3 Å². The molecule has 0 radical (unpaired) electrons. The molecule has 0 aliphatic rings. The van der Waals surface area contributed by atoms with Crippen LogP contribution >= 0.6 is 0 Å². The average molecular weight is 386 g/mol. The van der Waals surface area contributed by atoms with E-state index in [1.807, 2.05) is 18.2 Å². The summed E-state index contributed by atoms with van der Waals surface area (Å²) in [5.74, 6) is 1.61. The number of amides is 2. The third kappa shape index (κ3) is 5.64. The monoisotopic (exact) mass is 386 g/mol. The summed E-state index contributed by atoms with van der Waals surface area (Å²) < 4.78 is 15.7. The van der Waals surface area contributed by atoms with Crippen molar-refractivity contribution in [2.75, 3.05) is 32.8 Å². The van der Waals surface area contributed by atoms with E-state index in [2.05, 4.69) is 5.32 Å². The number of ether oxygens (including phenoxy) is 3. The van der Waals surface area contributed by atoms with Gasteiger partial charge in [0.25, 0.3) is 0 Å². The van der Waals surface area contributed by atoms with Gasteiger partial charge in [-0.05, 0) is 29.8 Å². The first-order chi connectivity index (χ1) is 13.5. The van der Waals surface area contributed by atoms with Gasteiger partial charge in [0.2, 0.25) is 11.8 Å². The Kier molecular flexibility index (Phi) is 7.68. The number of benzene rings is 2. The Morgan fingerprint density at radius 3 is 2.36 bits per heavy atom. The molecule has 0 aliphatic heterocycles. The molecule has 2 aromatic rings. The zero-order valence-electron chi connectivity index (χ0n) is 16.7. The van der Waals surface area contributed by atoms with Crippen LogP contribution in [0.15, 0.2) is 42.5 Å². The minimum atomic E-state index is -0.149. The second kappa shape index (κ2) is 10.2. The van der Waals surface area contributed by atoms with Crippen LogP contribution in [0.1, 0.15) is 18.9 Å². The summed E-state index contributed by atoms with van der Waals surface area (Å²) in [7, 11) is 4.70. The van der Waals surface area contributed by atoms with Crippen molar-refractivity contribution in [1.29, 1.82) is 0 Å². The minimum absolute atomic E-state index is 0.138. The maximum atomic E-state index is 12.2. The van der Waals surface area contributed by atoms with E-state index in [1.165, 1.54) is 6.92 Å². The first-order valence-electron chi connectivity index (χ1n) is 8.88. The Labute approximate surface area is 165 Å². The Hall–Kier alpha value is -3.22. The number of hydrogen-bond acceptors (Lipinski definition) is 5. The molecule has 2 aromatic carbocycles. The van der Waals surface area contributed by atoms with E-state index in [-0.39, 0.29) is 24.8 Å². The lowest BCUT2D eigenvalue weighted by Crippen LogP contribution is -2.33. The van der Waals surface area contributed by atoms with E-state index in [9.17, 15) is 9.59 Å². The fourth-order valence-corrected chi connectivity index (χ4v) is 2.74. The zero-order chi connectivity index (χ0) is 20.5. The molecule has 0 bridgehead atoms. The number of anilines is 1. The van der Waals surface area contributed by atoms with Gasteiger partial charge in [-0.1, -0.05) is 12.1 Å². The third-order valence-electron chi connectivity index (χ3n) is 4.25. The number of methoxy groups -OCH3 is 3. The predicted octanol–water partition coefficient (Wildman–Crippen LogP) is 2.77. The topological polar surface area (TPSA) is 77.1 Å². The summed E-state index contributed by atoms with van der Waals surface area (Å²) in [5.41, 5.74) is 1.58. The number of rotatable bonds is 9. The van der Waals surface area contributed by atoms with E-state index in [0.717, 1.165) is 5.56 Å². The van der Waals surface area contributed by atoms with Gasteiger partial charge in [0.15, 0.2) is 11.5 Å². The van der Waals surface area contributed by atoms with Crippen LogP contribution in [-0.2, 0) is 16.1 Å². The summed E-state index contributed by atoms with van der Waals surface area (Å²) in [5, 5.41) is 2.86. The van der Waals surface area contributed by atoms with Crippen LogP contribution < -0.4 is 24.4 Å². The minimum Gasteiger partial charge on any atom is -0.497 e. The van der Waals surface area contributed by atoms with E-state index < -0.39 is 0 Å². The molecular formula is C21H26N2O5. The zero-order valence-corrected chi connectivity index (χ0v) is 16.7. The van der Waals surface area contributed by atoms with Gasteiger partial charge in [-0.25, -0.2) is 0 Å². The summed E-state index contributed by atoms with van der Waals surface area (Å²) >= 11 is 0. The van der Waals surface area contributed by atoms with Crippen LogP contribution in [0.5, 0.6) is 17.2 Å². The van der Waals surface area contributed by atoms with Crippen LogP contribution in [0.3, 0.4) is 0 Å². The molecule has 0 unspecified atom stereocenters. The number of hydrogen-bond donors (Lipinski definition) is 1. The van der Waals surface area contributed by atoms with Crippen LogP contribution in [0.25, 0.3) is 0 Å². The number of carbonyl (C=O) groups is 2. The highest BCUT2D eigenvalue weighted by Gasteiger charge is 2.14. The quantitative estimate of drug-likeness (QED) is 0.717. The molecule has 0 saturated heterocycles. The molecule has 0 heterocycles. The fraction of sp³-hybridized carbons (Fsp3) is 0.333. The molecule has 2 rings (SSSR count). The lowest BCUT2D eigenvalue weighted by molar-refractivity contribution is -0.121. The summed E-state index contributed by atoms with van der Waals surface area (Å²) in [4.78, 5) is 25.8. The lowest BCUT2D eigenvalue weighted by atomic mass is 10.2. The number of nitrogens with zero attached hydrogens (tertiary/aromatic N) is 1. The largest absolute Gasteiger partial charge is 0.497 e. The summed E-state index contributed by atoms with van der Waals surface area (Å²) in [6.45, 7) is 2.11. The van der Waals surface area contributed by atoms with E-state index in [4.69, 9.17) is 14.2 Å². The van der Waals surface area contributed by atoms with Gasteiger partial charge < -0.3 is 24.4 Å². The summed E-state index contributed by atoms with van der Waals surface area (Å²) in [6, 6.07) is 12.7. The molecule has 0 aromatic heterocycles. The maximum Gasteiger partial charge on any atom is 0.223 e. The average Bonchev–Trinajstić information content (AvgIpc) is 2.72. The maximum absolute atomic E-state index is 12.2. The number of nitrogens with one attached hydrogen (secondary N) is 1. The van der Waals surface area contributed by atoms with Crippen LogP contribution in [-0.4, -0.2) is 39.7 Å². The molecule has 0 atom stereocenters. The van der Waals surface area contributed by atoms with Crippen LogP contribution in [0.4, 0.5) is 5.69 Å². The van der Waals surface area contributed by atoms with Crippen molar-refractivity contribution in [1.82, 2.24) is 5.32 Å². The van der Waals surface area contributed by atoms with Gasteiger partial charge >= 0.3 is 0 Å². The van der Waals surface area contributed by atoms with E-state index in [0.29, 0.717) is 29.5 Å². The normalized spacial score (nSPS) is 10.1. The van der Waals surface area contributed by atoms with E-state index >= 15 is 0 Å². The molecule has 0 spiro atoms. The van der Waals surface area contributed by atoms with Crippen molar-refractivity contribution < 1.29 is 23.8 Å². The molecule has 7 heteroatoms. The first kappa shape index (κ1) is 21.1. The number of carbonyl (C=O) groups excluding carboxylic acids is 2. The molecule has 0 fully saturated rings. The van der Waals surface area contributed by atoms with Crippen molar-refractivity contribution in [3.05, 3.63) is 48.0 Å². The Morgan fingerprint density at radius 2 is 1.71 bits per heavy atom.